The standard InChI is InChI=1S/C14H13NO3S/c16-13(17)6-10-8-19-14(15-10)12-3-1-2-9-7-18-5-4-11(9)12/h1-3,8H,4-7H2,(H,16,17). The van der Waals surface area contributed by atoms with Crippen LogP contribution >= 0.6 is 11.3 Å². The SMILES string of the molecule is O=C(O)Cc1csc(-c2cccc3c2CCOC3)n1. The molecular weight excluding hydrogens is 262 g/mol. The molecule has 1 aromatic carbocycles. The summed E-state index contributed by atoms with van der Waals surface area (Å²) in [6, 6.07) is 6.12. The normalized spacial score (nSPS) is 14.1. The van der Waals surface area contributed by atoms with E-state index in [2.05, 4.69) is 11.1 Å². The molecule has 0 spiro atoms. The molecule has 5 heteroatoms. The summed E-state index contributed by atoms with van der Waals surface area (Å²) >= 11 is 1.50. The highest BCUT2D eigenvalue weighted by Crippen LogP contribution is 2.31. The molecule has 0 saturated heterocycles. The Kier molecular flexibility index (Phi) is 3.31. The maximum Gasteiger partial charge on any atom is 0.309 e. The molecular formula is C14H13NO3S. The minimum absolute atomic E-state index is 0.0192. The minimum Gasteiger partial charge on any atom is -0.481 e. The van der Waals surface area contributed by atoms with Crippen LogP contribution in [0, 0.1) is 0 Å². The van der Waals surface area contributed by atoms with Gasteiger partial charge < -0.3 is 9.84 Å². The number of aromatic nitrogens is 1. The van der Waals surface area contributed by atoms with Gasteiger partial charge in [-0.3, -0.25) is 4.79 Å². The van der Waals surface area contributed by atoms with Crippen molar-refractivity contribution in [1.29, 1.82) is 0 Å². The summed E-state index contributed by atoms with van der Waals surface area (Å²) in [6.45, 7) is 1.38. The maximum atomic E-state index is 10.7. The minimum atomic E-state index is -0.847. The molecule has 1 aliphatic rings. The molecule has 1 N–H and O–H groups in total. The molecule has 0 fully saturated rings. The average molecular weight is 275 g/mol. The second-order valence-corrected chi connectivity index (χ2v) is 5.32. The van der Waals surface area contributed by atoms with E-state index in [1.165, 1.54) is 22.5 Å². The molecule has 2 aromatic rings. The summed E-state index contributed by atoms with van der Waals surface area (Å²) in [7, 11) is 0. The number of carbonyl (C=O) groups is 1. The fourth-order valence-electron chi connectivity index (χ4n) is 2.29. The van der Waals surface area contributed by atoms with Crippen molar-refractivity contribution < 1.29 is 14.6 Å². The van der Waals surface area contributed by atoms with Crippen molar-refractivity contribution in [3.05, 3.63) is 40.4 Å². The molecule has 0 amide bonds. The van der Waals surface area contributed by atoms with Crippen LogP contribution in [0.15, 0.2) is 23.6 Å². The van der Waals surface area contributed by atoms with Crippen LogP contribution in [0.4, 0.5) is 0 Å². The second kappa shape index (κ2) is 5.11. The van der Waals surface area contributed by atoms with Gasteiger partial charge >= 0.3 is 5.97 Å². The Hall–Kier alpha value is -1.72. The van der Waals surface area contributed by atoms with Crippen LogP contribution in [-0.2, 0) is 29.0 Å². The molecule has 1 aromatic heterocycles. The number of thiazole rings is 1. The van der Waals surface area contributed by atoms with Gasteiger partial charge in [0.25, 0.3) is 0 Å². The molecule has 0 radical (unpaired) electrons. The molecule has 0 bridgehead atoms. The summed E-state index contributed by atoms with van der Waals surface area (Å²) in [5, 5.41) is 11.5. The Bertz CT molecular complexity index is 621. The van der Waals surface area contributed by atoms with Crippen molar-refractivity contribution in [3.63, 3.8) is 0 Å². The summed E-state index contributed by atoms with van der Waals surface area (Å²) in [5.74, 6) is -0.847. The molecule has 19 heavy (non-hydrogen) atoms. The third kappa shape index (κ3) is 2.52. The molecule has 3 rings (SSSR count). The van der Waals surface area contributed by atoms with Crippen molar-refractivity contribution in [2.45, 2.75) is 19.4 Å². The quantitative estimate of drug-likeness (QED) is 0.935. The van der Waals surface area contributed by atoms with E-state index >= 15 is 0 Å². The summed E-state index contributed by atoms with van der Waals surface area (Å²) in [4.78, 5) is 15.1. The van der Waals surface area contributed by atoms with Gasteiger partial charge in [-0.2, -0.15) is 0 Å². The maximum absolute atomic E-state index is 10.7. The zero-order chi connectivity index (χ0) is 13.2. The fraction of sp³-hybridized carbons (Fsp3) is 0.286. The molecule has 0 saturated carbocycles. The van der Waals surface area contributed by atoms with E-state index in [0.29, 0.717) is 12.3 Å². The summed E-state index contributed by atoms with van der Waals surface area (Å²) in [5.41, 5.74) is 4.23. The van der Waals surface area contributed by atoms with E-state index in [4.69, 9.17) is 9.84 Å². The summed E-state index contributed by atoms with van der Waals surface area (Å²) < 4.78 is 5.45. The average Bonchev–Trinajstić information content (AvgIpc) is 2.85. The number of rotatable bonds is 3. The number of hydrogen-bond donors (Lipinski definition) is 1. The van der Waals surface area contributed by atoms with Gasteiger partial charge in [-0.1, -0.05) is 18.2 Å². The number of hydrogen-bond acceptors (Lipinski definition) is 4. The first kappa shape index (κ1) is 12.3. The van der Waals surface area contributed by atoms with Crippen LogP contribution in [0.25, 0.3) is 10.6 Å². The van der Waals surface area contributed by atoms with Gasteiger partial charge in [0.15, 0.2) is 0 Å². The largest absolute Gasteiger partial charge is 0.481 e. The number of ether oxygens (including phenoxy) is 1. The van der Waals surface area contributed by atoms with Crippen LogP contribution in [0.1, 0.15) is 16.8 Å². The van der Waals surface area contributed by atoms with Crippen LogP contribution in [0.5, 0.6) is 0 Å². The lowest BCUT2D eigenvalue weighted by molar-refractivity contribution is -0.136. The van der Waals surface area contributed by atoms with Gasteiger partial charge in [0.05, 0.1) is 25.3 Å². The van der Waals surface area contributed by atoms with E-state index < -0.39 is 5.97 Å². The first-order chi connectivity index (χ1) is 9.24. The Morgan fingerprint density at radius 3 is 3.21 bits per heavy atom. The number of fused-ring (bicyclic) bond motifs is 1. The highest BCUT2D eigenvalue weighted by Gasteiger charge is 2.16. The van der Waals surface area contributed by atoms with E-state index in [-0.39, 0.29) is 6.42 Å². The van der Waals surface area contributed by atoms with Gasteiger partial charge in [0.1, 0.15) is 5.01 Å². The van der Waals surface area contributed by atoms with Crippen molar-refractivity contribution >= 4 is 17.3 Å². The van der Waals surface area contributed by atoms with Gasteiger partial charge in [-0.15, -0.1) is 11.3 Å². The molecule has 98 valence electrons. The van der Waals surface area contributed by atoms with Crippen molar-refractivity contribution in [3.8, 4) is 10.6 Å². The van der Waals surface area contributed by atoms with Crippen LogP contribution in [0.3, 0.4) is 0 Å². The van der Waals surface area contributed by atoms with Crippen LogP contribution in [-0.4, -0.2) is 22.7 Å². The highest BCUT2D eigenvalue weighted by atomic mass is 32.1. The van der Waals surface area contributed by atoms with E-state index in [0.717, 1.165) is 23.6 Å². The predicted molar refractivity (Wildman–Crippen MR) is 72.2 cm³/mol. The first-order valence-corrected chi connectivity index (χ1v) is 6.97. The Morgan fingerprint density at radius 1 is 1.47 bits per heavy atom. The monoisotopic (exact) mass is 275 g/mol. The number of nitrogens with zero attached hydrogens (tertiary/aromatic N) is 1. The third-order valence-electron chi connectivity index (χ3n) is 3.14. The second-order valence-electron chi connectivity index (χ2n) is 4.46. The predicted octanol–water partition coefficient (Wildman–Crippen LogP) is 2.51. The molecule has 0 atom stereocenters. The fourth-order valence-corrected chi connectivity index (χ4v) is 3.16. The Labute approximate surface area is 114 Å². The Balaban J connectivity index is 1.98. The molecule has 0 aliphatic carbocycles. The van der Waals surface area contributed by atoms with E-state index in [1.54, 1.807) is 0 Å². The molecule has 0 unspecified atom stereocenters. The van der Waals surface area contributed by atoms with E-state index in [1.807, 2.05) is 17.5 Å². The lowest BCUT2D eigenvalue weighted by Gasteiger charge is -2.18. The topological polar surface area (TPSA) is 59.4 Å². The molecule has 1 aliphatic heterocycles. The highest BCUT2D eigenvalue weighted by molar-refractivity contribution is 7.13. The molecule has 2 heterocycles. The van der Waals surface area contributed by atoms with Crippen LogP contribution < -0.4 is 0 Å². The molecule has 4 nitrogen and oxygen atoms in total. The van der Waals surface area contributed by atoms with E-state index in [9.17, 15) is 4.79 Å². The number of benzene rings is 1. The van der Waals surface area contributed by atoms with Crippen molar-refractivity contribution in [1.82, 2.24) is 4.98 Å². The zero-order valence-corrected chi connectivity index (χ0v) is 11.1. The lowest BCUT2D eigenvalue weighted by atomic mass is 9.97. The zero-order valence-electron chi connectivity index (χ0n) is 10.3. The lowest BCUT2D eigenvalue weighted by Crippen LogP contribution is -2.10. The van der Waals surface area contributed by atoms with Gasteiger partial charge in [-0.25, -0.2) is 4.98 Å². The van der Waals surface area contributed by atoms with Gasteiger partial charge in [-0.05, 0) is 17.5 Å². The van der Waals surface area contributed by atoms with Crippen molar-refractivity contribution in [2.75, 3.05) is 6.61 Å². The number of carboxylic acids is 1. The van der Waals surface area contributed by atoms with Gasteiger partial charge in [0, 0.05) is 10.9 Å². The van der Waals surface area contributed by atoms with Crippen molar-refractivity contribution in [2.24, 2.45) is 0 Å². The summed E-state index contributed by atoms with van der Waals surface area (Å²) in [6.07, 6.45) is 0.869. The third-order valence-corrected chi connectivity index (χ3v) is 4.07. The van der Waals surface area contributed by atoms with Gasteiger partial charge in [0.2, 0.25) is 0 Å². The number of aliphatic carboxylic acids is 1. The first-order valence-electron chi connectivity index (χ1n) is 6.09. The Morgan fingerprint density at radius 2 is 2.37 bits per heavy atom. The number of carboxylic acid groups (broad SMARTS) is 1. The van der Waals surface area contributed by atoms with Crippen LogP contribution in [0.2, 0.25) is 0 Å². The smallest absolute Gasteiger partial charge is 0.309 e.